The SMILES string of the molecule is Cl.N[C@@H](c1c(Br)ccc(C(=O)O)c1O)C1CCOCC1. The van der Waals surface area contributed by atoms with E-state index in [1.807, 2.05) is 0 Å². The van der Waals surface area contributed by atoms with E-state index in [2.05, 4.69) is 15.9 Å². The van der Waals surface area contributed by atoms with Crippen molar-refractivity contribution in [2.75, 3.05) is 13.2 Å². The Morgan fingerprint density at radius 3 is 2.55 bits per heavy atom. The van der Waals surface area contributed by atoms with E-state index < -0.39 is 12.0 Å². The van der Waals surface area contributed by atoms with E-state index in [9.17, 15) is 9.90 Å². The third-order valence-corrected chi connectivity index (χ3v) is 4.19. The maximum absolute atomic E-state index is 11.0. The molecule has 1 fully saturated rings. The number of benzene rings is 1. The summed E-state index contributed by atoms with van der Waals surface area (Å²) in [5.74, 6) is -1.23. The molecule has 7 heteroatoms. The van der Waals surface area contributed by atoms with Crippen molar-refractivity contribution in [2.24, 2.45) is 11.7 Å². The van der Waals surface area contributed by atoms with Crippen LogP contribution in [0.5, 0.6) is 5.75 Å². The zero-order valence-electron chi connectivity index (χ0n) is 10.7. The van der Waals surface area contributed by atoms with E-state index in [1.165, 1.54) is 6.07 Å². The molecule has 0 spiro atoms. The van der Waals surface area contributed by atoms with E-state index in [1.54, 1.807) is 6.07 Å². The third kappa shape index (κ3) is 3.44. The van der Waals surface area contributed by atoms with Crippen molar-refractivity contribution in [3.8, 4) is 5.75 Å². The van der Waals surface area contributed by atoms with Crippen LogP contribution in [0.25, 0.3) is 0 Å². The zero-order chi connectivity index (χ0) is 14.0. The molecule has 1 aliphatic heterocycles. The second-order valence-electron chi connectivity index (χ2n) is 4.64. The van der Waals surface area contributed by atoms with Crippen LogP contribution in [0.15, 0.2) is 16.6 Å². The highest BCUT2D eigenvalue weighted by Gasteiger charge is 2.28. The number of carboxylic acids is 1. The summed E-state index contributed by atoms with van der Waals surface area (Å²) in [4.78, 5) is 11.0. The van der Waals surface area contributed by atoms with Crippen LogP contribution >= 0.6 is 28.3 Å². The van der Waals surface area contributed by atoms with Crippen molar-refractivity contribution < 1.29 is 19.7 Å². The molecule has 1 saturated heterocycles. The lowest BCUT2D eigenvalue weighted by Crippen LogP contribution is -2.28. The minimum Gasteiger partial charge on any atom is -0.507 e. The first-order chi connectivity index (χ1) is 9.02. The molecule has 5 nitrogen and oxygen atoms in total. The van der Waals surface area contributed by atoms with Crippen molar-refractivity contribution in [3.63, 3.8) is 0 Å². The largest absolute Gasteiger partial charge is 0.507 e. The van der Waals surface area contributed by atoms with Gasteiger partial charge in [-0.1, -0.05) is 15.9 Å². The maximum atomic E-state index is 11.0. The molecular weight excluding hydrogens is 350 g/mol. The molecule has 1 aromatic carbocycles. The second-order valence-corrected chi connectivity index (χ2v) is 5.49. The van der Waals surface area contributed by atoms with Crippen LogP contribution in [-0.2, 0) is 4.74 Å². The molecular formula is C13H17BrClNO4. The quantitative estimate of drug-likeness (QED) is 0.765. The molecule has 112 valence electrons. The fourth-order valence-electron chi connectivity index (χ4n) is 2.38. The summed E-state index contributed by atoms with van der Waals surface area (Å²) in [7, 11) is 0. The predicted molar refractivity (Wildman–Crippen MR) is 80.5 cm³/mol. The molecule has 1 aromatic rings. The van der Waals surface area contributed by atoms with Crippen molar-refractivity contribution in [3.05, 3.63) is 27.7 Å². The Labute approximate surface area is 131 Å². The normalized spacial score (nSPS) is 17.3. The number of ether oxygens (including phenoxy) is 1. The minimum absolute atomic E-state index is 0. The molecule has 0 aromatic heterocycles. The van der Waals surface area contributed by atoms with Gasteiger partial charge in [-0.25, -0.2) is 4.79 Å². The number of rotatable bonds is 3. The first-order valence-electron chi connectivity index (χ1n) is 6.10. The molecule has 0 saturated carbocycles. The molecule has 0 bridgehead atoms. The van der Waals surface area contributed by atoms with Crippen LogP contribution in [0.2, 0.25) is 0 Å². The van der Waals surface area contributed by atoms with Crippen molar-refractivity contribution in [1.29, 1.82) is 0 Å². The summed E-state index contributed by atoms with van der Waals surface area (Å²) in [6.07, 6.45) is 1.62. The van der Waals surface area contributed by atoms with E-state index in [0.29, 0.717) is 23.2 Å². The molecule has 0 radical (unpaired) electrons. The molecule has 0 unspecified atom stereocenters. The number of aromatic hydroxyl groups is 1. The fourth-order valence-corrected chi connectivity index (χ4v) is 2.97. The molecule has 20 heavy (non-hydrogen) atoms. The van der Waals surface area contributed by atoms with Gasteiger partial charge in [0.25, 0.3) is 0 Å². The van der Waals surface area contributed by atoms with Crippen LogP contribution in [0.1, 0.15) is 34.8 Å². The van der Waals surface area contributed by atoms with Gasteiger partial charge in [-0.3, -0.25) is 0 Å². The van der Waals surface area contributed by atoms with Gasteiger partial charge in [0.05, 0.1) is 0 Å². The van der Waals surface area contributed by atoms with Gasteiger partial charge in [0.1, 0.15) is 11.3 Å². The summed E-state index contributed by atoms with van der Waals surface area (Å²) in [6, 6.07) is 2.57. The topological polar surface area (TPSA) is 92.8 Å². The Kier molecular flexibility index (Phi) is 6.26. The lowest BCUT2D eigenvalue weighted by Gasteiger charge is -2.29. The lowest BCUT2D eigenvalue weighted by atomic mass is 9.86. The average Bonchev–Trinajstić information content (AvgIpc) is 2.39. The van der Waals surface area contributed by atoms with Crippen molar-refractivity contribution in [1.82, 2.24) is 0 Å². The number of aromatic carboxylic acids is 1. The number of hydrogen-bond acceptors (Lipinski definition) is 4. The standard InChI is InChI=1S/C13H16BrNO4.ClH/c14-9-2-1-8(13(17)18)12(16)10(9)11(15)7-3-5-19-6-4-7;/h1-2,7,11,16H,3-6,15H2,(H,17,18);1H/t11-;/m1./s1. The highest BCUT2D eigenvalue weighted by Crippen LogP contribution is 2.39. The average molecular weight is 367 g/mol. The molecule has 0 aliphatic carbocycles. The van der Waals surface area contributed by atoms with E-state index in [4.69, 9.17) is 15.6 Å². The molecule has 1 heterocycles. The van der Waals surface area contributed by atoms with Gasteiger partial charge in [-0.15, -0.1) is 12.4 Å². The number of hydrogen-bond donors (Lipinski definition) is 3. The Balaban J connectivity index is 0.00000200. The summed E-state index contributed by atoms with van der Waals surface area (Å²) in [6.45, 7) is 1.30. The van der Waals surface area contributed by atoms with Crippen molar-refractivity contribution >= 4 is 34.3 Å². The van der Waals surface area contributed by atoms with Crippen LogP contribution in [-0.4, -0.2) is 29.4 Å². The third-order valence-electron chi connectivity index (χ3n) is 3.50. The molecule has 1 atom stereocenters. The highest BCUT2D eigenvalue weighted by atomic mass is 79.9. The van der Waals surface area contributed by atoms with Gasteiger partial charge >= 0.3 is 5.97 Å². The Morgan fingerprint density at radius 1 is 1.40 bits per heavy atom. The summed E-state index contributed by atoms with van der Waals surface area (Å²) >= 11 is 3.33. The smallest absolute Gasteiger partial charge is 0.339 e. The summed E-state index contributed by atoms with van der Waals surface area (Å²) < 4.78 is 5.92. The Morgan fingerprint density at radius 2 is 2.00 bits per heavy atom. The lowest BCUT2D eigenvalue weighted by molar-refractivity contribution is 0.0578. The number of halogens is 2. The predicted octanol–water partition coefficient (Wildman–Crippen LogP) is 2.70. The van der Waals surface area contributed by atoms with Crippen LogP contribution in [0, 0.1) is 5.92 Å². The fraction of sp³-hybridized carbons (Fsp3) is 0.462. The van der Waals surface area contributed by atoms with Gasteiger partial charge in [-0.2, -0.15) is 0 Å². The van der Waals surface area contributed by atoms with Crippen molar-refractivity contribution in [2.45, 2.75) is 18.9 Å². The minimum atomic E-state index is -1.16. The number of phenols is 1. The second kappa shape index (κ2) is 7.26. The molecule has 4 N–H and O–H groups in total. The first kappa shape index (κ1) is 17.2. The zero-order valence-corrected chi connectivity index (χ0v) is 13.1. The maximum Gasteiger partial charge on any atom is 0.339 e. The van der Waals surface area contributed by atoms with Crippen LogP contribution < -0.4 is 5.73 Å². The van der Waals surface area contributed by atoms with Gasteiger partial charge in [0, 0.05) is 29.3 Å². The van der Waals surface area contributed by atoms with Gasteiger partial charge < -0.3 is 20.7 Å². The molecule has 1 aliphatic rings. The molecule has 2 rings (SSSR count). The Bertz CT molecular complexity index is 492. The van der Waals surface area contributed by atoms with Crippen LogP contribution in [0.3, 0.4) is 0 Å². The first-order valence-corrected chi connectivity index (χ1v) is 6.89. The van der Waals surface area contributed by atoms with Crippen LogP contribution in [0.4, 0.5) is 0 Å². The van der Waals surface area contributed by atoms with Gasteiger partial charge in [0.15, 0.2) is 0 Å². The number of carbonyl (C=O) groups is 1. The van der Waals surface area contributed by atoms with E-state index in [0.717, 1.165) is 12.8 Å². The summed E-state index contributed by atoms with van der Waals surface area (Å²) in [5, 5.41) is 19.2. The molecule has 0 amide bonds. The monoisotopic (exact) mass is 365 g/mol. The van der Waals surface area contributed by atoms with E-state index in [-0.39, 0.29) is 29.6 Å². The van der Waals surface area contributed by atoms with Gasteiger partial charge in [-0.05, 0) is 30.9 Å². The van der Waals surface area contributed by atoms with Gasteiger partial charge in [0.2, 0.25) is 0 Å². The Hall–Kier alpha value is -0.820. The number of carboxylic acid groups (broad SMARTS) is 1. The highest BCUT2D eigenvalue weighted by molar-refractivity contribution is 9.10. The summed E-state index contributed by atoms with van der Waals surface area (Å²) in [5.41, 5.74) is 6.54. The number of nitrogens with two attached hydrogens (primary N) is 1. The van der Waals surface area contributed by atoms with E-state index >= 15 is 0 Å².